The summed E-state index contributed by atoms with van der Waals surface area (Å²) in [6.45, 7) is 3.08. The lowest BCUT2D eigenvalue weighted by Crippen LogP contribution is -2.52. The van der Waals surface area contributed by atoms with Crippen LogP contribution in [0.1, 0.15) is 22.3 Å². The molecule has 0 N–H and O–H groups in total. The third-order valence-corrected chi connectivity index (χ3v) is 8.62. The molecule has 35 heavy (non-hydrogen) atoms. The number of sulfone groups is 1. The van der Waals surface area contributed by atoms with Crippen molar-refractivity contribution in [1.82, 2.24) is 19.6 Å². The fraction of sp³-hybridized carbons (Fsp3) is 0.385. The third-order valence-electron chi connectivity index (χ3n) is 6.87. The van der Waals surface area contributed by atoms with Crippen LogP contribution in [0.25, 0.3) is 11.3 Å². The lowest BCUT2D eigenvalue weighted by atomic mass is 10.1. The highest BCUT2D eigenvalue weighted by molar-refractivity contribution is 7.91. The summed E-state index contributed by atoms with van der Waals surface area (Å²) in [7, 11) is -1.30. The zero-order valence-corrected chi connectivity index (χ0v) is 20.7. The van der Waals surface area contributed by atoms with E-state index in [2.05, 4.69) is 4.90 Å². The van der Waals surface area contributed by atoms with Crippen LogP contribution in [0.4, 0.5) is 0 Å². The summed E-state index contributed by atoms with van der Waals surface area (Å²) in [4.78, 5) is 17.7. The highest BCUT2D eigenvalue weighted by Gasteiger charge is 2.35. The van der Waals surface area contributed by atoms with Crippen molar-refractivity contribution in [3.05, 3.63) is 71.9 Å². The Morgan fingerprint density at radius 3 is 2.37 bits per heavy atom. The fourth-order valence-electron chi connectivity index (χ4n) is 4.92. The maximum Gasteiger partial charge on any atom is 0.257 e. The van der Waals surface area contributed by atoms with E-state index in [4.69, 9.17) is 9.84 Å². The number of nitrogens with zero attached hydrogens (tertiary/aromatic N) is 4. The molecule has 184 valence electrons. The van der Waals surface area contributed by atoms with Gasteiger partial charge < -0.3 is 9.64 Å². The van der Waals surface area contributed by atoms with Gasteiger partial charge in [0.1, 0.15) is 11.4 Å². The number of benzene rings is 2. The lowest BCUT2D eigenvalue weighted by Gasteiger charge is -2.37. The van der Waals surface area contributed by atoms with Crippen molar-refractivity contribution in [2.75, 3.05) is 44.8 Å². The third kappa shape index (κ3) is 5.26. The van der Waals surface area contributed by atoms with Crippen molar-refractivity contribution in [3.8, 4) is 17.0 Å². The largest absolute Gasteiger partial charge is 0.497 e. The zero-order chi connectivity index (χ0) is 24.4. The second kappa shape index (κ2) is 9.83. The highest BCUT2D eigenvalue weighted by Crippen LogP contribution is 2.27. The Kier molecular flexibility index (Phi) is 6.62. The average Bonchev–Trinajstić information content (AvgIpc) is 3.47. The van der Waals surface area contributed by atoms with E-state index in [1.807, 2.05) is 70.4 Å². The Balaban J connectivity index is 1.36. The molecule has 0 aliphatic carbocycles. The molecule has 2 fully saturated rings. The molecule has 8 nitrogen and oxygen atoms in total. The molecule has 2 aliphatic rings. The minimum absolute atomic E-state index is 0.0474. The number of amides is 1. The molecular weight excluding hydrogens is 464 g/mol. The van der Waals surface area contributed by atoms with Gasteiger partial charge in [-0.15, -0.1) is 0 Å². The van der Waals surface area contributed by atoms with E-state index in [9.17, 15) is 13.2 Å². The van der Waals surface area contributed by atoms with Crippen LogP contribution >= 0.6 is 0 Å². The van der Waals surface area contributed by atoms with Gasteiger partial charge in [-0.3, -0.25) is 14.4 Å². The van der Waals surface area contributed by atoms with Crippen LogP contribution in [0.3, 0.4) is 0 Å². The molecule has 3 aromatic rings. The van der Waals surface area contributed by atoms with Gasteiger partial charge in [0.05, 0.1) is 30.7 Å². The molecular formula is C26H30N4O4S. The maximum absolute atomic E-state index is 13.6. The number of aromatic nitrogens is 2. The van der Waals surface area contributed by atoms with Crippen molar-refractivity contribution in [2.24, 2.45) is 0 Å². The van der Waals surface area contributed by atoms with E-state index in [0.717, 1.165) is 16.9 Å². The number of ether oxygens (including phenoxy) is 1. The topological polar surface area (TPSA) is 84.7 Å². The molecule has 0 saturated carbocycles. The predicted molar refractivity (Wildman–Crippen MR) is 134 cm³/mol. The first kappa shape index (κ1) is 23.6. The smallest absolute Gasteiger partial charge is 0.257 e. The van der Waals surface area contributed by atoms with Crippen molar-refractivity contribution >= 4 is 15.7 Å². The van der Waals surface area contributed by atoms with Gasteiger partial charge in [-0.05, 0) is 36.2 Å². The Labute approximate surface area is 206 Å². The van der Waals surface area contributed by atoms with Crippen molar-refractivity contribution < 1.29 is 17.9 Å². The summed E-state index contributed by atoms with van der Waals surface area (Å²) in [6, 6.07) is 17.7. The van der Waals surface area contributed by atoms with Gasteiger partial charge in [-0.2, -0.15) is 5.10 Å². The Bertz CT molecular complexity index is 1280. The van der Waals surface area contributed by atoms with Crippen molar-refractivity contribution in [3.63, 3.8) is 0 Å². The van der Waals surface area contributed by atoms with Crippen LogP contribution in [-0.4, -0.2) is 84.7 Å². The second-order valence-corrected chi connectivity index (χ2v) is 11.4. The summed E-state index contributed by atoms with van der Waals surface area (Å²) in [5.74, 6) is 1.20. The fourth-order valence-corrected chi connectivity index (χ4v) is 6.68. The summed E-state index contributed by atoms with van der Waals surface area (Å²) < 4.78 is 30.9. The van der Waals surface area contributed by atoms with Gasteiger partial charge >= 0.3 is 0 Å². The zero-order valence-electron chi connectivity index (χ0n) is 19.8. The van der Waals surface area contributed by atoms with E-state index in [1.54, 1.807) is 7.11 Å². The standard InChI is InChI=1S/C26H30N4O4S/c1-34-23-9-7-21(8-10-23)25-24(18-30(27-25)17-20-5-3-2-4-6-20)26(31)29-14-12-28(13-15-29)22-11-16-35(32,33)19-22/h2-10,18,22H,11-17,19H2,1H3/t22-/m1/s1. The summed E-state index contributed by atoms with van der Waals surface area (Å²) in [5, 5.41) is 4.79. The van der Waals surface area contributed by atoms with Gasteiger partial charge in [0.25, 0.3) is 5.91 Å². The Hall–Kier alpha value is -3.17. The molecule has 5 rings (SSSR count). The van der Waals surface area contributed by atoms with E-state index < -0.39 is 9.84 Å². The average molecular weight is 495 g/mol. The lowest BCUT2D eigenvalue weighted by molar-refractivity contribution is 0.0588. The van der Waals surface area contributed by atoms with Crippen LogP contribution < -0.4 is 4.74 Å². The molecule has 0 unspecified atom stereocenters. The van der Waals surface area contributed by atoms with Gasteiger partial charge in [0.15, 0.2) is 9.84 Å². The number of hydrogen-bond acceptors (Lipinski definition) is 6. The summed E-state index contributed by atoms with van der Waals surface area (Å²) >= 11 is 0. The normalized spacial score (nSPS) is 20.1. The minimum Gasteiger partial charge on any atom is -0.497 e. The van der Waals surface area contributed by atoms with E-state index in [-0.39, 0.29) is 23.5 Å². The first-order chi connectivity index (χ1) is 16.9. The second-order valence-electron chi connectivity index (χ2n) is 9.19. The van der Waals surface area contributed by atoms with Crippen molar-refractivity contribution in [2.45, 2.75) is 19.0 Å². The van der Waals surface area contributed by atoms with E-state index in [1.165, 1.54) is 0 Å². The molecule has 2 saturated heterocycles. The summed E-state index contributed by atoms with van der Waals surface area (Å²) in [5.41, 5.74) is 3.19. The van der Waals surface area contributed by atoms with Crippen molar-refractivity contribution in [1.29, 1.82) is 0 Å². The molecule has 0 bridgehead atoms. The summed E-state index contributed by atoms with van der Waals surface area (Å²) in [6.07, 6.45) is 2.52. The first-order valence-electron chi connectivity index (χ1n) is 11.9. The van der Waals surface area contributed by atoms with Gasteiger partial charge in [0.2, 0.25) is 0 Å². The van der Waals surface area contributed by atoms with E-state index >= 15 is 0 Å². The molecule has 0 radical (unpaired) electrons. The minimum atomic E-state index is -2.92. The predicted octanol–water partition coefficient (Wildman–Crippen LogP) is 2.55. The monoisotopic (exact) mass is 494 g/mol. The molecule has 2 aliphatic heterocycles. The maximum atomic E-state index is 13.6. The van der Waals surface area contributed by atoms with Gasteiger partial charge in [-0.1, -0.05) is 30.3 Å². The molecule has 1 aromatic heterocycles. The Morgan fingerprint density at radius 2 is 1.74 bits per heavy atom. The number of piperazine rings is 1. The Morgan fingerprint density at radius 1 is 1.03 bits per heavy atom. The van der Waals surface area contributed by atoms with Crippen LogP contribution in [0.5, 0.6) is 5.75 Å². The molecule has 1 atom stereocenters. The number of hydrogen-bond donors (Lipinski definition) is 0. The van der Waals surface area contributed by atoms with Crippen LogP contribution in [0.2, 0.25) is 0 Å². The van der Waals surface area contributed by atoms with E-state index in [0.29, 0.717) is 50.4 Å². The first-order valence-corrected chi connectivity index (χ1v) is 13.7. The van der Waals surface area contributed by atoms with Crippen LogP contribution in [0.15, 0.2) is 60.8 Å². The number of carbonyl (C=O) groups excluding carboxylic acids is 1. The number of carbonyl (C=O) groups is 1. The molecule has 9 heteroatoms. The molecule has 2 aromatic carbocycles. The quantitative estimate of drug-likeness (QED) is 0.524. The van der Waals surface area contributed by atoms with Crippen LogP contribution in [0, 0.1) is 0 Å². The molecule has 1 amide bonds. The van der Waals surface area contributed by atoms with Crippen LogP contribution in [-0.2, 0) is 16.4 Å². The van der Waals surface area contributed by atoms with Gasteiger partial charge in [0, 0.05) is 44.0 Å². The number of rotatable bonds is 6. The SMILES string of the molecule is COc1ccc(-c2nn(Cc3ccccc3)cc2C(=O)N2CCN([C@@H]3CCS(=O)(=O)C3)CC2)cc1. The molecule has 3 heterocycles. The van der Waals surface area contributed by atoms with Gasteiger partial charge in [-0.25, -0.2) is 8.42 Å². The highest BCUT2D eigenvalue weighted by atomic mass is 32.2. The molecule has 0 spiro atoms. The number of methoxy groups -OCH3 is 1.